The van der Waals surface area contributed by atoms with Gasteiger partial charge in [0.05, 0.1) is 11.8 Å². The number of benzene rings is 2. The highest BCUT2D eigenvalue weighted by atomic mass is 16.5. The average molecular weight is 388 g/mol. The van der Waals surface area contributed by atoms with Crippen LogP contribution in [0.1, 0.15) is 37.7 Å². The SMILES string of the molecule is Cc1ccc(C(=O)c2ccccc2C(=O)OCc2noc(-c3ccco3)n2)cc1. The molecule has 2 aromatic heterocycles. The van der Waals surface area contributed by atoms with Crippen LogP contribution in [-0.4, -0.2) is 21.9 Å². The number of carbonyl (C=O) groups excluding carboxylic acids is 2. The third-order valence-electron chi connectivity index (χ3n) is 4.24. The van der Waals surface area contributed by atoms with Gasteiger partial charge in [-0.2, -0.15) is 4.98 Å². The number of hydrogen-bond donors (Lipinski definition) is 0. The lowest BCUT2D eigenvalue weighted by atomic mass is 9.98. The first kappa shape index (κ1) is 18.4. The van der Waals surface area contributed by atoms with E-state index in [2.05, 4.69) is 10.1 Å². The van der Waals surface area contributed by atoms with Gasteiger partial charge in [-0.05, 0) is 25.1 Å². The molecule has 0 aliphatic heterocycles. The lowest BCUT2D eigenvalue weighted by Crippen LogP contribution is -2.13. The number of hydrogen-bond acceptors (Lipinski definition) is 7. The summed E-state index contributed by atoms with van der Waals surface area (Å²) in [6.45, 7) is 1.74. The second-order valence-electron chi connectivity index (χ2n) is 6.31. The molecular formula is C22H16N2O5. The standard InChI is InChI=1S/C22H16N2O5/c1-14-8-10-15(11-9-14)20(25)16-5-2-3-6-17(16)22(26)28-13-19-23-21(29-24-19)18-7-4-12-27-18/h2-12H,13H2,1H3. The minimum atomic E-state index is -0.648. The average Bonchev–Trinajstić information content (AvgIpc) is 3.44. The van der Waals surface area contributed by atoms with Gasteiger partial charge in [0.15, 0.2) is 18.2 Å². The molecule has 0 amide bonds. The zero-order valence-electron chi connectivity index (χ0n) is 15.5. The van der Waals surface area contributed by atoms with E-state index < -0.39 is 5.97 Å². The summed E-state index contributed by atoms with van der Waals surface area (Å²) in [5.74, 6) is -0.102. The molecule has 0 bridgehead atoms. The second kappa shape index (κ2) is 7.93. The fraction of sp³-hybridized carbons (Fsp3) is 0.0909. The molecule has 0 fully saturated rings. The molecule has 0 aliphatic carbocycles. The van der Waals surface area contributed by atoms with E-state index in [4.69, 9.17) is 13.7 Å². The van der Waals surface area contributed by atoms with Gasteiger partial charge in [-0.1, -0.05) is 53.2 Å². The highest BCUT2D eigenvalue weighted by Gasteiger charge is 2.20. The molecule has 4 aromatic rings. The van der Waals surface area contributed by atoms with Crippen molar-refractivity contribution >= 4 is 11.8 Å². The summed E-state index contributed by atoms with van der Waals surface area (Å²) in [6.07, 6.45) is 1.49. The molecule has 4 rings (SSSR count). The van der Waals surface area contributed by atoms with Gasteiger partial charge in [-0.25, -0.2) is 4.79 Å². The van der Waals surface area contributed by atoms with Crippen LogP contribution in [0.15, 0.2) is 75.9 Å². The molecule has 0 spiro atoms. The molecule has 0 N–H and O–H groups in total. The van der Waals surface area contributed by atoms with Gasteiger partial charge in [0.25, 0.3) is 5.89 Å². The van der Waals surface area contributed by atoms with Crippen molar-refractivity contribution in [2.24, 2.45) is 0 Å². The van der Waals surface area contributed by atoms with Gasteiger partial charge in [-0.15, -0.1) is 0 Å². The molecule has 0 atom stereocenters. The Bertz CT molecular complexity index is 1140. The summed E-state index contributed by atoms with van der Waals surface area (Å²) in [5, 5.41) is 3.76. The Labute approximate surface area is 165 Å². The molecule has 0 saturated carbocycles. The van der Waals surface area contributed by atoms with Crippen molar-refractivity contribution in [2.75, 3.05) is 0 Å². The van der Waals surface area contributed by atoms with Crippen LogP contribution in [0.4, 0.5) is 0 Å². The number of esters is 1. The quantitative estimate of drug-likeness (QED) is 0.360. The summed E-state index contributed by atoms with van der Waals surface area (Å²) in [7, 11) is 0. The highest BCUT2D eigenvalue weighted by molar-refractivity contribution is 6.14. The van der Waals surface area contributed by atoms with Crippen LogP contribution >= 0.6 is 0 Å². The molecule has 29 heavy (non-hydrogen) atoms. The van der Waals surface area contributed by atoms with Crippen LogP contribution in [0.2, 0.25) is 0 Å². The van der Waals surface area contributed by atoms with Crippen molar-refractivity contribution in [1.82, 2.24) is 10.1 Å². The summed E-state index contributed by atoms with van der Waals surface area (Å²) in [4.78, 5) is 29.5. The van der Waals surface area contributed by atoms with Gasteiger partial charge in [-0.3, -0.25) is 4.79 Å². The molecular weight excluding hydrogens is 372 g/mol. The normalized spacial score (nSPS) is 10.7. The van der Waals surface area contributed by atoms with E-state index in [1.165, 1.54) is 6.26 Å². The van der Waals surface area contributed by atoms with Gasteiger partial charge in [0, 0.05) is 11.1 Å². The first-order chi connectivity index (χ1) is 14.1. The summed E-state index contributed by atoms with van der Waals surface area (Å²) in [5.41, 5.74) is 1.99. The van der Waals surface area contributed by atoms with Crippen molar-refractivity contribution in [3.63, 3.8) is 0 Å². The smallest absolute Gasteiger partial charge is 0.339 e. The molecule has 7 nitrogen and oxygen atoms in total. The number of aryl methyl sites for hydroxylation is 1. The number of furan rings is 1. The minimum absolute atomic E-state index is 0.174. The van der Waals surface area contributed by atoms with E-state index in [-0.39, 0.29) is 35.2 Å². The second-order valence-corrected chi connectivity index (χ2v) is 6.31. The van der Waals surface area contributed by atoms with Crippen molar-refractivity contribution in [1.29, 1.82) is 0 Å². The Kier molecular flexibility index (Phi) is 5.03. The molecule has 2 heterocycles. The maximum atomic E-state index is 12.8. The van der Waals surface area contributed by atoms with E-state index in [0.29, 0.717) is 11.3 Å². The Balaban J connectivity index is 1.49. The minimum Gasteiger partial charge on any atom is -0.459 e. The lowest BCUT2D eigenvalue weighted by Gasteiger charge is -2.08. The number of rotatable bonds is 6. The Morgan fingerprint density at radius 1 is 0.966 bits per heavy atom. The number of carbonyl (C=O) groups is 2. The zero-order valence-corrected chi connectivity index (χ0v) is 15.5. The van der Waals surface area contributed by atoms with Crippen molar-refractivity contribution < 1.29 is 23.3 Å². The van der Waals surface area contributed by atoms with Gasteiger partial charge in [0.1, 0.15) is 0 Å². The maximum absolute atomic E-state index is 12.8. The van der Waals surface area contributed by atoms with Gasteiger partial charge >= 0.3 is 5.97 Å². The van der Waals surface area contributed by atoms with Crippen LogP contribution in [0.3, 0.4) is 0 Å². The number of nitrogens with zero attached hydrogens (tertiary/aromatic N) is 2. The summed E-state index contributed by atoms with van der Waals surface area (Å²) < 4.78 is 15.5. The van der Waals surface area contributed by atoms with E-state index >= 15 is 0 Å². The number of ketones is 1. The van der Waals surface area contributed by atoms with E-state index in [1.54, 1.807) is 48.5 Å². The van der Waals surface area contributed by atoms with Crippen LogP contribution < -0.4 is 0 Å². The summed E-state index contributed by atoms with van der Waals surface area (Å²) >= 11 is 0. The van der Waals surface area contributed by atoms with Crippen LogP contribution in [0.25, 0.3) is 11.7 Å². The van der Waals surface area contributed by atoms with Crippen LogP contribution in [-0.2, 0) is 11.3 Å². The van der Waals surface area contributed by atoms with Crippen molar-refractivity contribution in [3.8, 4) is 11.7 Å². The number of aromatic nitrogens is 2. The third kappa shape index (κ3) is 3.98. The summed E-state index contributed by atoms with van der Waals surface area (Å²) in [6, 6.07) is 17.1. The van der Waals surface area contributed by atoms with Gasteiger partial charge < -0.3 is 13.7 Å². The van der Waals surface area contributed by atoms with E-state index in [1.807, 2.05) is 19.1 Å². The molecule has 0 saturated heterocycles. The largest absolute Gasteiger partial charge is 0.459 e. The Hall–Kier alpha value is -4.00. The zero-order chi connectivity index (χ0) is 20.2. The fourth-order valence-corrected chi connectivity index (χ4v) is 2.74. The monoisotopic (exact) mass is 388 g/mol. The predicted octanol–water partition coefficient (Wildman–Crippen LogP) is 4.23. The first-order valence-electron chi connectivity index (χ1n) is 8.86. The Morgan fingerprint density at radius 2 is 1.72 bits per heavy atom. The Morgan fingerprint density at radius 3 is 2.45 bits per heavy atom. The number of ether oxygens (including phenoxy) is 1. The maximum Gasteiger partial charge on any atom is 0.339 e. The fourth-order valence-electron chi connectivity index (χ4n) is 2.74. The topological polar surface area (TPSA) is 95.4 Å². The lowest BCUT2D eigenvalue weighted by molar-refractivity contribution is 0.0457. The van der Waals surface area contributed by atoms with Crippen molar-refractivity contribution in [3.05, 3.63) is 95.0 Å². The molecule has 0 unspecified atom stereocenters. The molecule has 0 aliphatic rings. The third-order valence-corrected chi connectivity index (χ3v) is 4.24. The first-order valence-corrected chi connectivity index (χ1v) is 8.86. The molecule has 144 valence electrons. The van der Waals surface area contributed by atoms with E-state index in [9.17, 15) is 9.59 Å². The van der Waals surface area contributed by atoms with Crippen LogP contribution in [0.5, 0.6) is 0 Å². The van der Waals surface area contributed by atoms with E-state index in [0.717, 1.165) is 5.56 Å². The predicted molar refractivity (Wildman–Crippen MR) is 102 cm³/mol. The highest BCUT2D eigenvalue weighted by Crippen LogP contribution is 2.19. The van der Waals surface area contributed by atoms with Gasteiger partial charge in [0.2, 0.25) is 5.82 Å². The molecule has 2 aromatic carbocycles. The van der Waals surface area contributed by atoms with Crippen LogP contribution in [0, 0.1) is 6.92 Å². The van der Waals surface area contributed by atoms with Crippen molar-refractivity contribution in [2.45, 2.75) is 13.5 Å². The molecule has 0 radical (unpaired) electrons. The molecule has 7 heteroatoms.